The first-order valence-electron chi connectivity index (χ1n) is 7.13. The summed E-state index contributed by atoms with van der Waals surface area (Å²) in [5.41, 5.74) is 5.15. The van der Waals surface area contributed by atoms with E-state index in [0.717, 1.165) is 22.4 Å². The summed E-state index contributed by atoms with van der Waals surface area (Å²) in [6, 6.07) is 15.0. The lowest BCUT2D eigenvalue weighted by molar-refractivity contribution is -0.121. The number of rotatable bonds is 4. The van der Waals surface area contributed by atoms with Crippen LogP contribution >= 0.6 is 11.6 Å². The molecule has 0 spiro atoms. The Balaban J connectivity index is 1.68. The molecule has 0 aliphatic rings. The largest absolute Gasteiger partial charge is 0.319 e. The fourth-order valence-corrected chi connectivity index (χ4v) is 2.54. The van der Waals surface area contributed by atoms with E-state index in [1.807, 2.05) is 47.9 Å². The van der Waals surface area contributed by atoms with Gasteiger partial charge in [-0.25, -0.2) is 10.4 Å². The van der Waals surface area contributed by atoms with E-state index < -0.39 is 0 Å². The van der Waals surface area contributed by atoms with Crippen molar-refractivity contribution in [1.82, 2.24) is 15.0 Å². The third kappa shape index (κ3) is 3.57. The van der Waals surface area contributed by atoms with E-state index in [4.69, 9.17) is 11.6 Å². The molecule has 0 fully saturated rings. The van der Waals surface area contributed by atoms with Crippen LogP contribution < -0.4 is 5.43 Å². The molecule has 23 heavy (non-hydrogen) atoms. The molecule has 6 heteroatoms. The summed E-state index contributed by atoms with van der Waals surface area (Å²) in [4.78, 5) is 16.5. The smallest absolute Gasteiger partial charge is 0.260 e. The first kappa shape index (κ1) is 15.2. The molecule has 0 saturated carbocycles. The van der Waals surface area contributed by atoms with E-state index in [1.54, 1.807) is 18.3 Å². The van der Waals surface area contributed by atoms with Crippen LogP contribution in [0.2, 0.25) is 5.02 Å². The number of hydrogen-bond donors (Lipinski definition) is 1. The number of carbonyl (C=O) groups excluding carboxylic acids is 1. The van der Waals surface area contributed by atoms with Gasteiger partial charge in [-0.05, 0) is 36.8 Å². The predicted molar refractivity (Wildman–Crippen MR) is 91.7 cm³/mol. The van der Waals surface area contributed by atoms with Crippen molar-refractivity contribution in [1.29, 1.82) is 0 Å². The number of imidazole rings is 1. The molecule has 0 aliphatic heterocycles. The minimum absolute atomic E-state index is 0.166. The maximum Gasteiger partial charge on any atom is 0.260 e. The maximum atomic E-state index is 12.1. The van der Waals surface area contributed by atoms with Gasteiger partial charge >= 0.3 is 0 Å². The Hall–Kier alpha value is -2.66. The molecule has 5 nitrogen and oxygen atoms in total. The molecule has 1 amide bonds. The maximum absolute atomic E-state index is 12.1. The average Bonchev–Trinajstić information content (AvgIpc) is 2.83. The Morgan fingerprint density at radius 1 is 1.30 bits per heavy atom. The second-order valence-corrected chi connectivity index (χ2v) is 5.52. The molecule has 0 atom stereocenters. The zero-order valence-corrected chi connectivity index (χ0v) is 13.3. The normalized spacial score (nSPS) is 11.2. The van der Waals surface area contributed by atoms with Crippen LogP contribution in [0.4, 0.5) is 0 Å². The van der Waals surface area contributed by atoms with Crippen molar-refractivity contribution in [2.24, 2.45) is 5.10 Å². The topological polar surface area (TPSA) is 59.3 Å². The van der Waals surface area contributed by atoms with E-state index in [0.29, 0.717) is 5.02 Å². The van der Waals surface area contributed by atoms with Crippen molar-refractivity contribution in [2.45, 2.75) is 13.5 Å². The molecule has 116 valence electrons. The number of nitrogens with one attached hydrogen (secondary N) is 1. The molecule has 1 N–H and O–H groups in total. The summed E-state index contributed by atoms with van der Waals surface area (Å²) in [6.07, 6.45) is 1.56. The molecule has 0 saturated heterocycles. The zero-order chi connectivity index (χ0) is 16.2. The number of fused-ring (bicyclic) bond motifs is 1. The van der Waals surface area contributed by atoms with Gasteiger partial charge in [-0.1, -0.05) is 35.9 Å². The Labute approximate surface area is 138 Å². The lowest BCUT2D eigenvalue weighted by atomic mass is 10.2. The quantitative estimate of drug-likeness (QED) is 0.591. The molecule has 1 heterocycles. The van der Waals surface area contributed by atoms with Crippen LogP contribution in [0.5, 0.6) is 0 Å². The molecule has 3 rings (SSSR count). The van der Waals surface area contributed by atoms with E-state index in [9.17, 15) is 4.79 Å². The van der Waals surface area contributed by atoms with Gasteiger partial charge < -0.3 is 4.57 Å². The minimum atomic E-state index is -0.213. The monoisotopic (exact) mass is 326 g/mol. The summed E-state index contributed by atoms with van der Waals surface area (Å²) in [5, 5.41) is 4.58. The first-order chi connectivity index (χ1) is 11.1. The van der Waals surface area contributed by atoms with Gasteiger partial charge in [0.05, 0.1) is 17.2 Å². The number of hydrogen-bond acceptors (Lipinski definition) is 3. The van der Waals surface area contributed by atoms with E-state index in [2.05, 4.69) is 15.5 Å². The molecule has 0 bridgehead atoms. The van der Waals surface area contributed by atoms with Crippen LogP contribution in [-0.4, -0.2) is 21.7 Å². The first-order valence-corrected chi connectivity index (χ1v) is 7.50. The summed E-state index contributed by atoms with van der Waals surface area (Å²) in [7, 11) is 0. The number of aromatic nitrogens is 2. The summed E-state index contributed by atoms with van der Waals surface area (Å²) >= 11 is 5.89. The highest BCUT2D eigenvalue weighted by atomic mass is 35.5. The van der Waals surface area contributed by atoms with Gasteiger partial charge in [-0.3, -0.25) is 4.79 Å². The van der Waals surface area contributed by atoms with Crippen LogP contribution in [0.3, 0.4) is 0 Å². The minimum Gasteiger partial charge on any atom is -0.319 e. The number of hydrazone groups is 1. The molecular formula is C17H15ClN4O. The highest BCUT2D eigenvalue weighted by Crippen LogP contribution is 2.15. The standard InChI is InChI=1S/C17H15ClN4O/c1-12-20-15-7-2-3-8-16(15)22(12)11-17(23)21-19-10-13-5-4-6-14(18)9-13/h2-10H,11H2,1H3,(H,21,23)/b19-10-. The molecule has 0 radical (unpaired) electrons. The fourth-order valence-electron chi connectivity index (χ4n) is 2.34. The number of benzene rings is 2. The summed E-state index contributed by atoms with van der Waals surface area (Å²) < 4.78 is 1.86. The SMILES string of the molecule is Cc1nc2ccccc2n1CC(=O)N/N=C\c1cccc(Cl)c1. The number of para-hydroxylation sites is 2. The Morgan fingerprint density at radius 2 is 2.13 bits per heavy atom. The zero-order valence-electron chi connectivity index (χ0n) is 12.5. The number of halogens is 1. The van der Waals surface area contributed by atoms with Crippen molar-refractivity contribution < 1.29 is 4.79 Å². The lowest BCUT2D eigenvalue weighted by Gasteiger charge is -2.05. The summed E-state index contributed by atoms with van der Waals surface area (Å²) in [5.74, 6) is 0.578. The molecule has 2 aromatic carbocycles. The molecule has 0 aliphatic carbocycles. The lowest BCUT2D eigenvalue weighted by Crippen LogP contribution is -2.23. The molecular weight excluding hydrogens is 312 g/mol. The van der Waals surface area contributed by atoms with Crippen molar-refractivity contribution in [3.05, 3.63) is 64.9 Å². The van der Waals surface area contributed by atoms with Crippen LogP contribution in [0.25, 0.3) is 11.0 Å². The van der Waals surface area contributed by atoms with Gasteiger partial charge in [0, 0.05) is 5.02 Å². The fraction of sp³-hybridized carbons (Fsp3) is 0.118. The van der Waals surface area contributed by atoms with Crippen molar-refractivity contribution in [3.63, 3.8) is 0 Å². The number of amides is 1. The van der Waals surface area contributed by atoms with Crippen LogP contribution in [0.1, 0.15) is 11.4 Å². The second-order valence-electron chi connectivity index (χ2n) is 5.08. The van der Waals surface area contributed by atoms with Crippen molar-refractivity contribution >= 4 is 34.8 Å². The van der Waals surface area contributed by atoms with Crippen molar-refractivity contribution in [3.8, 4) is 0 Å². The third-order valence-corrected chi connectivity index (χ3v) is 3.63. The highest BCUT2D eigenvalue weighted by molar-refractivity contribution is 6.30. The summed E-state index contributed by atoms with van der Waals surface area (Å²) in [6.45, 7) is 2.04. The average molecular weight is 327 g/mol. The van der Waals surface area contributed by atoms with Gasteiger partial charge in [-0.2, -0.15) is 5.10 Å². The molecule has 0 unspecified atom stereocenters. The second kappa shape index (κ2) is 6.62. The number of carbonyl (C=O) groups is 1. The van der Waals surface area contributed by atoms with Gasteiger partial charge in [0.1, 0.15) is 12.4 Å². The number of aryl methyl sites for hydroxylation is 1. The van der Waals surface area contributed by atoms with Crippen LogP contribution in [-0.2, 0) is 11.3 Å². The van der Waals surface area contributed by atoms with E-state index >= 15 is 0 Å². The van der Waals surface area contributed by atoms with E-state index in [-0.39, 0.29) is 12.5 Å². The number of nitrogens with zero attached hydrogens (tertiary/aromatic N) is 3. The third-order valence-electron chi connectivity index (χ3n) is 3.40. The van der Waals surface area contributed by atoms with Crippen LogP contribution in [0, 0.1) is 6.92 Å². The molecule has 1 aromatic heterocycles. The Bertz CT molecular complexity index is 885. The van der Waals surface area contributed by atoms with Gasteiger partial charge in [0.15, 0.2) is 0 Å². The Morgan fingerprint density at radius 3 is 2.96 bits per heavy atom. The molecule has 3 aromatic rings. The highest BCUT2D eigenvalue weighted by Gasteiger charge is 2.09. The Kier molecular flexibility index (Phi) is 4.39. The van der Waals surface area contributed by atoms with E-state index in [1.165, 1.54) is 0 Å². The van der Waals surface area contributed by atoms with Gasteiger partial charge in [0.2, 0.25) is 0 Å². The van der Waals surface area contributed by atoms with Crippen molar-refractivity contribution in [2.75, 3.05) is 0 Å². The van der Waals surface area contributed by atoms with Crippen LogP contribution in [0.15, 0.2) is 53.6 Å². The van der Waals surface area contributed by atoms with Gasteiger partial charge in [0.25, 0.3) is 5.91 Å². The van der Waals surface area contributed by atoms with Gasteiger partial charge in [-0.15, -0.1) is 0 Å². The predicted octanol–water partition coefficient (Wildman–Crippen LogP) is 3.15.